The summed E-state index contributed by atoms with van der Waals surface area (Å²) in [7, 11) is -7.06. The zero-order valence-corrected chi connectivity index (χ0v) is 54.5. The van der Waals surface area contributed by atoms with Crippen LogP contribution < -0.4 is 39.7 Å². The number of carbonyl (C=O) groups excluding carboxylic acids is 2. The molecule has 2 fully saturated rings. The zero-order chi connectivity index (χ0) is 67.1. The van der Waals surface area contributed by atoms with Gasteiger partial charge in [-0.25, -0.2) is 19.1 Å². The topological polar surface area (TPSA) is 391 Å². The van der Waals surface area contributed by atoms with Crippen molar-refractivity contribution in [3.8, 4) is 23.3 Å². The molecule has 30 nitrogen and oxygen atoms in total. The van der Waals surface area contributed by atoms with E-state index in [2.05, 4.69) is 45.4 Å². The zero-order valence-electron chi connectivity index (χ0n) is 52.7. The summed E-state index contributed by atoms with van der Waals surface area (Å²) in [5, 5.41) is 56.7. The van der Waals surface area contributed by atoms with Crippen LogP contribution in [-0.4, -0.2) is 166 Å². The summed E-state index contributed by atoms with van der Waals surface area (Å²) in [6, 6.07) is 23.0. The summed E-state index contributed by atoms with van der Waals surface area (Å²) in [6.45, 7) is 5.64. The summed E-state index contributed by atoms with van der Waals surface area (Å²) in [4.78, 5) is 52.0. The fraction of sp³-hybridized carbons (Fsp3) is 0.429. The van der Waals surface area contributed by atoms with Crippen LogP contribution in [0.15, 0.2) is 122 Å². The molecule has 0 amide bonds. The smallest absolute Gasteiger partial charge is 0.459 e. The van der Waals surface area contributed by atoms with Gasteiger partial charge in [0.05, 0.1) is 52.3 Å². The highest BCUT2D eigenvalue weighted by atomic mass is 31.2. The van der Waals surface area contributed by atoms with Crippen molar-refractivity contribution in [1.29, 1.82) is 0 Å². The normalized spacial score (nSPS) is 29.4. The SMILES string of the molecule is CNc1nc2c3ncn(c3n1)C1OC(COP(=O)(Oc3cccc4ccccc34)N[C@@H](C)C(=O)OCCCC=CCCO2)[C@@H](O)[C@@]1(C)O.C[C@@H]1NP(=O)(Oc2cccc3ccccc23)OCC2OC(n3cnc4c(nc(N)nc43)OCCC=CCCCOC1=O)[C@](C)(O)[C@@H]2O. The number of nitrogens with one attached hydrogen (secondary N) is 3. The van der Waals surface area contributed by atoms with Gasteiger partial charge in [-0.1, -0.05) is 97.1 Å². The first-order valence-corrected chi connectivity index (χ1v) is 34.1. The number of rotatable bonds is 5. The summed E-state index contributed by atoms with van der Waals surface area (Å²) >= 11 is 0. The lowest BCUT2D eigenvalue weighted by Crippen LogP contribution is -2.44. The fourth-order valence-corrected chi connectivity index (χ4v) is 14.1. The highest BCUT2D eigenvalue weighted by molar-refractivity contribution is 7.52. The average Bonchev–Trinajstić information content (AvgIpc) is 1.60. The number of benzene rings is 4. The predicted molar refractivity (Wildman–Crippen MR) is 346 cm³/mol. The lowest BCUT2D eigenvalue weighted by molar-refractivity contribution is -0.146. The molecular formula is C63H76N12O18P2. The van der Waals surface area contributed by atoms with E-state index in [0.717, 1.165) is 10.8 Å². The molecule has 4 aliphatic heterocycles. The number of nitrogens with zero attached hydrogens (tertiary/aromatic N) is 8. The van der Waals surface area contributed by atoms with Crippen LogP contribution in [0.1, 0.15) is 78.7 Å². The minimum absolute atomic E-state index is 0.0846. The van der Waals surface area contributed by atoms with Crippen molar-refractivity contribution in [2.24, 2.45) is 0 Å². The first-order valence-electron chi connectivity index (χ1n) is 31.0. The van der Waals surface area contributed by atoms with Crippen LogP contribution in [0.4, 0.5) is 11.9 Å². The standard InChI is InChI=1S/C32H39N6O9P.C31H37N6O9P/c1-20-29(40)44-17-10-6-4-5-9-16-43-28-25-27(35-31(33-3)36-28)38(19-34-25)30-32(2,41)26(39)24(46-30)18-45-48(42,37-20)47-23-15-11-13-21-12-7-8-14-22(21)23;1-19-28(39)43-16-9-5-3-4-8-15-42-27-24-26(34-30(32)35-27)37(18-33-24)29-31(2,40)25(38)23(45-29)17-44-47(41,36-19)46-22-14-10-12-20-11-6-7-13-21(20)22/h4-5,7-8,11-15,19-20,24,26,30,39,41H,6,9-10,16-18H2,1-3H3,(H,37,42)(H,33,35,36);3-4,6-7,10-14,18-19,23,25,29,38,40H,5,8-9,15-17H2,1-2H3,(H,36,41)(H2,32,34,35)/t20-,24?,26+,30?,32+,48?;19-,23?,25+,29?,31+,47?/m00/s1. The minimum Gasteiger partial charge on any atom is -0.476 e. The first kappa shape index (κ1) is 68.2. The van der Waals surface area contributed by atoms with Gasteiger partial charge in [-0.2, -0.15) is 30.1 Å². The van der Waals surface area contributed by atoms with Gasteiger partial charge in [0.25, 0.3) is 0 Å². The van der Waals surface area contributed by atoms with Gasteiger partial charge in [-0.05, 0) is 89.1 Å². The van der Waals surface area contributed by atoms with Gasteiger partial charge < -0.3 is 68.9 Å². The minimum atomic E-state index is -4.36. The van der Waals surface area contributed by atoms with Gasteiger partial charge in [-0.15, -0.1) is 0 Å². The molecule has 4 aliphatic rings. The monoisotopic (exact) mass is 1350 g/mol. The maximum absolute atomic E-state index is 14.4. The van der Waals surface area contributed by atoms with Crippen molar-refractivity contribution >= 4 is 83.2 Å². The molecule has 12 rings (SSSR count). The number of ether oxygens (including phenoxy) is 6. The fourth-order valence-electron chi connectivity index (χ4n) is 11.0. The number of carbonyl (C=O) groups is 2. The third-order valence-electron chi connectivity index (χ3n) is 16.1. The van der Waals surface area contributed by atoms with Crippen LogP contribution in [0.5, 0.6) is 23.3 Å². The van der Waals surface area contributed by atoms with E-state index in [4.69, 9.17) is 52.2 Å². The van der Waals surface area contributed by atoms with Crippen molar-refractivity contribution in [2.45, 2.75) is 126 Å². The number of allylic oxidation sites excluding steroid dienone is 2. The first-order chi connectivity index (χ1) is 45.6. The van der Waals surface area contributed by atoms with Crippen molar-refractivity contribution in [3.05, 3.63) is 122 Å². The van der Waals surface area contributed by atoms with Crippen molar-refractivity contribution in [1.82, 2.24) is 49.2 Å². The van der Waals surface area contributed by atoms with Crippen LogP contribution in [0.25, 0.3) is 43.9 Å². The van der Waals surface area contributed by atoms with E-state index in [1.807, 2.05) is 72.8 Å². The van der Waals surface area contributed by atoms with Crippen molar-refractivity contribution in [2.75, 3.05) is 57.7 Å². The molecule has 0 radical (unpaired) electrons. The average molecular weight is 1350 g/mol. The Kier molecular flexibility index (Phi) is 21.1. The second-order valence-electron chi connectivity index (χ2n) is 23.3. The largest absolute Gasteiger partial charge is 0.476 e. The lowest BCUT2D eigenvalue weighted by Gasteiger charge is -2.27. The van der Waals surface area contributed by atoms with E-state index in [0.29, 0.717) is 67.1 Å². The third kappa shape index (κ3) is 15.4. The van der Waals surface area contributed by atoms with E-state index >= 15 is 0 Å². The predicted octanol–water partition coefficient (Wildman–Crippen LogP) is 7.29. The van der Waals surface area contributed by atoms with Gasteiger partial charge >= 0.3 is 27.4 Å². The number of cyclic esters (lactones) is 2. The lowest BCUT2D eigenvalue weighted by atomic mass is 9.96. The maximum Gasteiger partial charge on any atom is 0.459 e. The number of aromatic nitrogens is 8. The van der Waals surface area contributed by atoms with Gasteiger partial charge in [0.15, 0.2) is 34.8 Å². The van der Waals surface area contributed by atoms with E-state index in [1.165, 1.54) is 49.5 Å². The van der Waals surface area contributed by atoms with E-state index in [-0.39, 0.29) is 66.1 Å². The number of esters is 2. The van der Waals surface area contributed by atoms with Gasteiger partial charge in [-0.3, -0.25) is 27.8 Å². The number of hydrogen-bond donors (Lipinski definition) is 8. The maximum atomic E-state index is 14.4. The summed E-state index contributed by atoms with van der Waals surface area (Å²) < 4.78 is 90.2. The van der Waals surface area contributed by atoms with Crippen LogP contribution in [0.3, 0.4) is 0 Å². The van der Waals surface area contributed by atoms with Crippen LogP contribution in [0.2, 0.25) is 0 Å². The molecule has 0 aliphatic carbocycles. The van der Waals surface area contributed by atoms with Gasteiger partial charge in [0, 0.05) is 17.8 Å². The van der Waals surface area contributed by atoms with Crippen molar-refractivity contribution in [3.63, 3.8) is 0 Å². The molecule has 95 heavy (non-hydrogen) atoms. The Labute approximate surface area is 545 Å². The second kappa shape index (κ2) is 29.4. The molecule has 32 heteroatoms. The molecule has 4 aromatic carbocycles. The van der Waals surface area contributed by atoms with Crippen LogP contribution in [0, 0.1) is 0 Å². The number of aliphatic hydroxyl groups excluding tert-OH is 2. The Morgan fingerprint density at radius 2 is 1.02 bits per heavy atom. The molecule has 9 N–H and O–H groups in total. The quantitative estimate of drug-likeness (QED) is 0.0476. The van der Waals surface area contributed by atoms with E-state index in [9.17, 15) is 39.1 Å². The molecule has 12 atom stereocenters. The number of imidazole rings is 2. The number of nitrogen functional groups attached to an aromatic ring is 1. The van der Waals surface area contributed by atoms with Crippen LogP contribution in [-0.2, 0) is 46.7 Å². The third-order valence-corrected chi connectivity index (χ3v) is 19.4. The van der Waals surface area contributed by atoms with E-state index in [1.54, 1.807) is 43.4 Å². The Morgan fingerprint density at radius 3 is 1.49 bits per heavy atom. The molecule has 2 saturated heterocycles. The number of nitrogens with two attached hydrogens (primary N) is 1. The molecular weight excluding hydrogens is 1270 g/mol. The van der Waals surface area contributed by atoms with Gasteiger partial charge in [0.2, 0.25) is 23.7 Å². The highest BCUT2D eigenvalue weighted by Gasteiger charge is 2.56. The second-order valence-corrected chi connectivity index (χ2v) is 26.7. The number of hydrogen-bond acceptors (Lipinski definition) is 26. The highest BCUT2D eigenvalue weighted by Crippen LogP contribution is 2.51. The van der Waals surface area contributed by atoms with Gasteiger partial charge in [0.1, 0.15) is 59.2 Å². The number of anilines is 2. The molecule has 12 bridgehead atoms. The van der Waals surface area contributed by atoms with Crippen LogP contribution >= 0.6 is 15.5 Å². The molecule has 6 unspecified atom stereocenters. The summed E-state index contributed by atoms with van der Waals surface area (Å²) in [5.41, 5.74) is 3.34. The summed E-state index contributed by atoms with van der Waals surface area (Å²) in [5.74, 6) is -0.258. The Morgan fingerprint density at radius 1 is 0.589 bits per heavy atom. The molecule has 8 heterocycles. The molecule has 4 aromatic heterocycles. The Hall–Kier alpha value is -8.22. The number of aliphatic hydroxyl groups is 4. The Balaban J connectivity index is 0.000000193. The molecule has 8 aromatic rings. The number of fused-ring (bicyclic) bond motifs is 8. The van der Waals surface area contributed by atoms with E-state index < -0.39 is 101 Å². The Bertz CT molecular complexity index is 4200. The molecule has 0 saturated carbocycles. The molecule has 506 valence electrons. The molecule has 0 spiro atoms. The van der Waals surface area contributed by atoms with Crippen molar-refractivity contribution < 1.29 is 85.7 Å². The summed E-state index contributed by atoms with van der Waals surface area (Å²) in [6.07, 6.45) is 6.34.